The highest BCUT2D eigenvalue weighted by Crippen LogP contribution is 2.17. The van der Waals surface area contributed by atoms with Crippen LogP contribution in [-0.2, 0) is 11.6 Å². The molecule has 2 nitrogen and oxygen atoms in total. The van der Waals surface area contributed by atoms with Crippen LogP contribution in [0.3, 0.4) is 0 Å². The Morgan fingerprint density at radius 2 is 2.09 bits per heavy atom. The molecule has 0 spiro atoms. The number of H-pyrrole nitrogens is 1. The van der Waals surface area contributed by atoms with Crippen LogP contribution in [0.15, 0.2) is 35.4 Å². The van der Waals surface area contributed by atoms with Gasteiger partial charge in [0.1, 0.15) is 0 Å². The Hall–Kier alpha value is -1.09. The second kappa shape index (κ2) is 2.51. The molecule has 1 aromatic carbocycles. The van der Waals surface area contributed by atoms with Crippen LogP contribution in [0.5, 0.6) is 0 Å². The molecule has 0 bridgehead atoms. The monoisotopic (exact) mass is 164 g/mol. The van der Waals surface area contributed by atoms with E-state index in [9.17, 15) is 0 Å². The fraction of sp³-hybridized carbons (Fsp3) is 0. The first-order valence-electron chi connectivity index (χ1n) is 3.35. The topological polar surface area (TPSA) is 39.6 Å². The van der Waals surface area contributed by atoms with Crippen LogP contribution in [0.4, 0.5) is 0 Å². The number of fused-ring (bicyclic) bond motifs is 1. The summed E-state index contributed by atoms with van der Waals surface area (Å²) in [6, 6.07) is 8.03. The fourth-order valence-corrected chi connectivity index (χ4v) is 1.59. The molecule has 3 heteroatoms. The highest BCUT2D eigenvalue weighted by atomic mass is 32.1. The normalized spacial score (nSPS) is 10.5. The molecule has 0 unspecified atom stereocenters. The van der Waals surface area contributed by atoms with Crippen LogP contribution < -0.4 is 0 Å². The zero-order chi connectivity index (χ0) is 7.68. The summed E-state index contributed by atoms with van der Waals surface area (Å²) in [6.45, 7) is 0. The molecular weight excluding hydrogens is 156 g/mol. The van der Waals surface area contributed by atoms with Crippen LogP contribution in [0.1, 0.15) is 0 Å². The second-order valence-corrected chi connectivity index (χ2v) is 3.04. The number of hydrogen-bond acceptors (Lipinski definition) is 1. The van der Waals surface area contributed by atoms with Gasteiger partial charge in [-0.15, -0.1) is 0 Å². The fourth-order valence-electron chi connectivity index (χ4n) is 1.15. The van der Waals surface area contributed by atoms with E-state index >= 15 is 0 Å². The van der Waals surface area contributed by atoms with Crippen molar-refractivity contribution < 1.29 is 0 Å². The lowest BCUT2D eigenvalue weighted by molar-refractivity contribution is 1.41. The van der Waals surface area contributed by atoms with E-state index in [4.69, 9.17) is 4.78 Å². The summed E-state index contributed by atoms with van der Waals surface area (Å²) in [5, 5.41) is 1.16. The van der Waals surface area contributed by atoms with E-state index in [1.54, 1.807) is 0 Å². The van der Waals surface area contributed by atoms with E-state index in [0.717, 1.165) is 15.8 Å². The Bertz CT molecular complexity index is 392. The minimum atomic E-state index is 0.575. The lowest BCUT2D eigenvalue weighted by atomic mass is 10.2. The molecule has 2 rings (SSSR count). The third-order valence-electron chi connectivity index (χ3n) is 1.69. The van der Waals surface area contributed by atoms with Crippen molar-refractivity contribution in [3.05, 3.63) is 30.5 Å². The average molecular weight is 164 g/mol. The van der Waals surface area contributed by atoms with Gasteiger partial charge in [-0.05, 0) is 6.07 Å². The Kier molecular flexibility index (Phi) is 1.51. The average Bonchev–Trinajstić information content (AvgIpc) is 2.47. The number of aromatic amines is 1. The van der Waals surface area contributed by atoms with Gasteiger partial charge < -0.3 is 4.98 Å². The third kappa shape index (κ3) is 0.973. The molecule has 0 saturated heterocycles. The van der Waals surface area contributed by atoms with Crippen molar-refractivity contribution in [1.82, 2.24) is 4.98 Å². The summed E-state index contributed by atoms with van der Waals surface area (Å²) in [4.78, 5) is 4.15. The maximum Gasteiger partial charge on any atom is 0.0465 e. The zero-order valence-electron chi connectivity index (χ0n) is 5.83. The molecule has 0 aliphatic heterocycles. The molecule has 0 atom stereocenters. The van der Waals surface area contributed by atoms with Gasteiger partial charge in [-0.2, -0.15) is 0 Å². The van der Waals surface area contributed by atoms with Gasteiger partial charge in [0.15, 0.2) is 0 Å². The van der Waals surface area contributed by atoms with Crippen molar-refractivity contribution >= 4 is 22.5 Å². The summed E-state index contributed by atoms with van der Waals surface area (Å²) >= 11 is 0.575. The van der Waals surface area contributed by atoms with Crippen LogP contribution in [0, 0.1) is 4.78 Å². The molecule has 0 fully saturated rings. The quantitative estimate of drug-likeness (QED) is 0.540. The molecule has 0 aliphatic rings. The Labute approximate surface area is 68.2 Å². The summed E-state index contributed by atoms with van der Waals surface area (Å²) in [7, 11) is 0. The molecule has 2 N–H and O–H groups in total. The molecule has 0 radical (unpaired) electrons. The number of para-hydroxylation sites is 1. The molecule has 0 saturated carbocycles. The van der Waals surface area contributed by atoms with Gasteiger partial charge in [-0.25, -0.2) is 0 Å². The Morgan fingerprint density at radius 3 is 2.91 bits per heavy atom. The number of aromatic nitrogens is 1. The van der Waals surface area contributed by atoms with Gasteiger partial charge in [0.25, 0.3) is 0 Å². The van der Waals surface area contributed by atoms with E-state index in [-0.39, 0.29) is 0 Å². The molecule has 0 aliphatic carbocycles. The van der Waals surface area contributed by atoms with Gasteiger partial charge in [-0.3, -0.25) is 4.78 Å². The highest BCUT2D eigenvalue weighted by molar-refractivity contribution is 7.67. The van der Waals surface area contributed by atoms with Gasteiger partial charge >= 0.3 is 0 Å². The van der Waals surface area contributed by atoms with Gasteiger partial charge in [0, 0.05) is 22.0 Å². The number of nitrogens with one attached hydrogen (secondary N) is 2. The predicted octanol–water partition coefficient (Wildman–Crippen LogP) is 2.10. The molecule has 0 amide bonds. The molecule has 1 heterocycles. The number of rotatable bonds is 1. The predicted molar refractivity (Wildman–Crippen MR) is 48.0 cm³/mol. The maximum atomic E-state index is 7.19. The van der Waals surface area contributed by atoms with E-state index in [1.807, 2.05) is 30.5 Å². The minimum absolute atomic E-state index is 0.575. The summed E-state index contributed by atoms with van der Waals surface area (Å²) in [5.74, 6) is 0. The number of hydrogen-bond donors (Lipinski definition) is 3. The van der Waals surface area contributed by atoms with Crippen LogP contribution in [-0.4, -0.2) is 4.98 Å². The zero-order valence-corrected chi connectivity index (χ0v) is 6.73. The number of benzene rings is 1. The lowest BCUT2D eigenvalue weighted by Gasteiger charge is -1.87. The van der Waals surface area contributed by atoms with Crippen molar-refractivity contribution in [3.8, 4) is 0 Å². The van der Waals surface area contributed by atoms with Crippen LogP contribution in [0.25, 0.3) is 10.9 Å². The first kappa shape index (κ1) is 6.61. The van der Waals surface area contributed by atoms with E-state index < -0.39 is 0 Å². The van der Waals surface area contributed by atoms with Gasteiger partial charge in [0.05, 0.1) is 0 Å². The van der Waals surface area contributed by atoms with Crippen molar-refractivity contribution in [1.29, 1.82) is 4.78 Å². The summed E-state index contributed by atoms with van der Waals surface area (Å²) < 4.78 is 7.19. The summed E-state index contributed by atoms with van der Waals surface area (Å²) in [6.07, 6.45) is 1.89. The standard InChI is InChI=1S/C8H8N2S/c9-11-8-5-10-7-4-2-1-3-6(7)8/h1-5,9-11H. The maximum absolute atomic E-state index is 7.19. The Morgan fingerprint density at radius 1 is 1.27 bits per heavy atom. The SMILES string of the molecule is N=[SH]c1c[nH]c2ccccc12. The first-order chi connectivity index (χ1) is 5.42. The van der Waals surface area contributed by atoms with Gasteiger partial charge in [0.2, 0.25) is 0 Å². The second-order valence-electron chi connectivity index (χ2n) is 2.33. The van der Waals surface area contributed by atoms with E-state index in [2.05, 4.69) is 4.98 Å². The lowest BCUT2D eigenvalue weighted by Crippen LogP contribution is -1.66. The molecule has 1 aromatic heterocycles. The van der Waals surface area contributed by atoms with Crippen molar-refractivity contribution in [2.75, 3.05) is 0 Å². The van der Waals surface area contributed by atoms with Crippen molar-refractivity contribution in [3.63, 3.8) is 0 Å². The number of thiol groups is 1. The molecule has 56 valence electrons. The van der Waals surface area contributed by atoms with Crippen LogP contribution >= 0.6 is 0 Å². The molecule has 2 aromatic rings. The molecule has 11 heavy (non-hydrogen) atoms. The Balaban J connectivity index is 2.86. The van der Waals surface area contributed by atoms with Crippen LogP contribution in [0.2, 0.25) is 0 Å². The van der Waals surface area contributed by atoms with E-state index in [0.29, 0.717) is 11.6 Å². The first-order valence-corrected chi connectivity index (χ1v) is 4.25. The van der Waals surface area contributed by atoms with Crippen molar-refractivity contribution in [2.24, 2.45) is 0 Å². The molecular formula is C8H8N2S. The summed E-state index contributed by atoms with van der Waals surface area (Å²) in [5.41, 5.74) is 1.11. The van der Waals surface area contributed by atoms with E-state index in [1.165, 1.54) is 0 Å². The van der Waals surface area contributed by atoms with Gasteiger partial charge in [-0.1, -0.05) is 29.8 Å². The third-order valence-corrected chi connectivity index (χ3v) is 2.30. The smallest absolute Gasteiger partial charge is 0.0465 e. The minimum Gasteiger partial charge on any atom is -0.360 e. The largest absolute Gasteiger partial charge is 0.360 e. The highest BCUT2D eigenvalue weighted by Gasteiger charge is 1.97. The van der Waals surface area contributed by atoms with Crippen molar-refractivity contribution in [2.45, 2.75) is 4.90 Å².